The van der Waals surface area contributed by atoms with E-state index in [0.29, 0.717) is 6.13 Å². The molecule has 6 heteroatoms. The molecule has 0 unspecified atom stereocenters. The largest absolute Gasteiger partial charge is 0.374 e. The van der Waals surface area contributed by atoms with Gasteiger partial charge in [0, 0.05) is 0 Å². The third kappa shape index (κ3) is 4.49. The lowest BCUT2D eigenvalue weighted by Gasteiger charge is -2.45. The lowest BCUT2D eigenvalue weighted by Crippen LogP contribution is -2.63. The Bertz CT molecular complexity index is 283. The van der Waals surface area contributed by atoms with Crippen molar-refractivity contribution in [3.05, 3.63) is 10.9 Å². The van der Waals surface area contributed by atoms with Crippen LogP contribution in [-0.4, -0.2) is 26.7 Å². The minimum atomic E-state index is -1.22. The third-order valence-electron chi connectivity index (χ3n) is 2.78. The van der Waals surface area contributed by atoms with Crippen LogP contribution in [0.4, 0.5) is 0 Å². The van der Waals surface area contributed by atoms with Crippen molar-refractivity contribution in [2.45, 2.75) is 59.0 Å². The molecule has 1 heterocycles. The van der Waals surface area contributed by atoms with Crippen molar-refractivity contribution in [1.82, 2.24) is 4.14 Å². The van der Waals surface area contributed by atoms with Crippen LogP contribution in [0.25, 0.3) is 0 Å². The molecule has 0 bridgehead atoms. The molecule has 0 amide bonds. The first kappa shape index (κ1) is 16.0. The van der Waals surface area contributed by atoms with Gasteiger partial charge in [0.25, 0.3) is 0 Å². The molecule has 0 aliphatic carbocycles. The van der Waals surface area contributed by atoms with E-state index in [1.807, 2.05) is 10.8 Å². The lowest BCUT2D eigenvalue weighted by atomic mass is 9.93. The van der Waals surface area contributed by atoms with E-state index in [4.69, 9.17) is 0 Å². The van der Waals surface area contributed by atoms with Gasteiger partial charge in [0.2, 0.25) is 0 Å². The van der Waals surface area contributed by atoms with Gasteiger partial charge in [0.1, 0.15) is 16.5 Å². The van der Waals surface area contributed by atoms with Crippen molar-refractivity contribution >= 4 is 44.0 Å². The molecule has 0 aromatic heterocycles. The second-order valence-corrected chi connectivity index (χ2v) is 19.2. The van der Waals surface area contributed by atoms with E-state index in [1.54, 1.807) is 4.91 Å². The fourth-order valence-corrected chi connectivity index (χ4v) is 17.6. The summed E-state index contributed by atoms with van der Waals surface area (Å²) in [7, 11) is 1.64. The van der Waals surface area contributed by atoms with Gasteiger partial charge in [-0.05, 0) is 11.3 Å². The molecular weight excluding hydrogens is 277 g/mol. The fourth-order valence-electron chi connectivity index (χ4n) is 2.58. The van der Waals surface area contributed by atoms with Crippen molar-refractivity contribution in [1.29, 1.82) is 0 Å². The standard InChI is InChI=1S/C11H26BNS2Si2/c1-8-9-11-10-12(15-14-11)13(16(2,3)4)17(5,6)7/h10H,8-9H2,1-7H3. The van der Waals surface area contributed by atoms with Gasteiger partial charge >= 0.3 is 6.13 Å². The van der Waals surface area contributed by atoms with Crippen molar-refractivity contribution in [2.75, 3.05) is 0 Å². The van der Waals surface area contributed by atoms with Crippen molar-refractivity contribution in [3.63, 3.8) is 0 Å². The average Bonchev–Trinajstić information content (AvgIpc) is 2.47. The topological polar surface area (TPSA) is 3.24 Å². The van der Waals surface area contributed by atoms with E-state index in [-0.39, 0.29) is 0 Å². The maximum atomic E-state index is 2.90. The van der Waals surface area contributed by atoms with Crippen LogP contribution in [0.15, 0.2) is 10.9 Å². The van der Waals surface area contributed by atoms with E-state index < -0.39 is 16.5 Å². The summed E-state index contributed by atoms with van der Waals surface area (Å²) >= 11 is 0. The number of nitrogens with zero attached hydrogens (tertiary/aromatic N) is 1. The summed E-state index contributed by atoms with van der Waals surface area (Å²) in [6.45, 7) is 17.2. The van der Waals surface area contributed by atoms with Gasteiger partial charge < -0.3 is 4.14 Å². The highest BCUT2D eigenvalue weighted by Gasteiger charge is 2.42. The Hall–Kier alpha value is 0.899. The quantitative estimate of drug-likeness (QED) is 0.516. The van der Waals surface area contributed by atoms with Crippen LogP contribution in [-0.2, 0) is 0 Å². The Morgan fingerprint density at radius 3 is 2.06 bits per heavy atom. The van der Waals surface area contributed by atoms with Gasteiger partial charge in [-0.3, -0.25) is 0 Å². The van der Waals surface area contributed by atoms with Gasteiger partial charge in [-0.15, -0.1) is 10.6 Å². The van der Waals surface area contributed by atoms with Crippen LogP contribution < -0.4 is 0 Å². The van der Waals surface area contributed by atoms with Crippen molar-refractivity contribution in [2.24, 2.45) is 0 Å². The summed E-state index contributed by atoms with van der Waals surface area (Å²) in [4.78, 5) is 1.60. The summed E-state index contributed by atoms with van der Waals surface area (Å²) in [6.07, 6.45) is 3.17. The Balaban J connectivity index is 2.88. The average molecular weight is 303 g/mol. The normalized spacial score (nSPS) is 17.9. The summed E-state index contributed by atoms with van der Waals surface area (Å²) < 4.78 is 2.90. The van der Waals surface area contributed by atoms with E-state index in [0.717, 1.165) is 0 Å². The number of rotatable bonds is 5. The molecule has 0 N–H and O–H groups in total. The molecule has 1 rings (SSSR count). The van der Waals surface area contributed by atoms with Crippen LogP contribution in [0.3, 0.4) is 0 Å². The van der Waals surface area contributed by atoms with Gasteiger partial charge in [0.15, 0.2) is 0 Å². The Morgan fingerprint density at radius 2 is 1.65 bits per heavy atom. The zero-order valence-electron chi connectivity index (χ0n) is 12.3. The Kier molecular flexibility index (Phi) is 5.54. The zero-order valence-corrected chi connectivity index (χ0v) is 16.0. The molecule has 0 saturated heterocycles. The third-order valence-corrected chi connectivity index (χ3v) is 13.3. The lowest BCUT2D eigenvalue weighted by molar-refractivity contribution is 0.940. The van der Waals surface area contributed by atoms with Crippen molar-refractivity contribution < 1.29 is 0 Å². The molecule has 1 aliphatic heterocycles. The number of hydrogen-bond donors (Lipinski definition) is 0. The summed E-state index contributed by atoms with van der Waals surface area (Å²) in [5.41, 5.74) is 0. The van der Waals surface area contributed by atoms with Crippen LogP contribution in [0.5, 0.6) is 0 Å². The summed E-state index contributed by atoms with van der Waals surface area (Å²) in [6, 6.07) is 0. The highest BCUT2D eigenvalue weighted by molar-refractivity contribution is 8.88. The minimum Gasteiger partial charge on any atom is -0.374 e. The zero-order chi connectivity index (χ0) is 13.3. The smallest absolute Gasteiger partial charge is 0.318 e. The summed E-state index contributed by atoms with van der Waals surface area (Å²) in [5, 5.41) is 0. The van der Waals surface area contributed by atoms with Gasteiger partial charge in [-0.25, -0.2) is 0 Å². The van der Waals surface area contributed by atoms with Crippen LogP contribution >= 0.6 is 21.4 Å². The molecule has 0 atom stereocenters. The second kappa shape index (κ2) is 5.90. The SMILES string of the molecule is CCCC1=CB(N([Si](C)(C)C)[Si](C)(C)C)SS1. The molecule has 0 saturated carbocycles. The molecule has 0 fully saturated rings. The fraction of sp³-hybridized carbons (Fsp3) is 0.818. The Morgan fingerprint density at radius 1 is 1.12 bits per heavy atom. The van der Waals surface area contributed by atoms with E-state index in [1.165, 1.54) is 12.8 Å². The monoisotopic (exact) mass is 303 g/mol. The van der Waals surface area contributed by atoms with Crippen LogP contribution in [0.1, 0.15) is 19.8 Å². The first-order valence-electron chi connectivity index (χ1n) is 6.49. The molecule has 0 radical (unpaired) electrons. The predicted molar refractivity (Wildman–Crippen MR) is 92.5 cm³/mol. The number of allylic oxidation sites excluding steroid dienone is 1. The molecule has 0 aromatic rings. The van der Waals surface area contributed by atoms with Crippen LogP contribution in [0, 0.1) is 0 Å². The van der Waals surface area contributed by atoms with E-state index in [9.17, 15) is 0 Å². The number of hydrogen-bond acceptors (Lipinski definition) is 3. The maximum Gasteiger partial charge on any atom is 0.318 e. The molecule has 1 aliphatic rings. The minimum absolute atomic E-state index is 0.639. The van der Waals surface area contributed by atoms with Gasteiger partial charge in [0.05, 0.1) is 0 Å². The molecule has 17 heavy (non-hydrogen) atoms. The summed E-state index contributed by atoms with van der Waals surface area (Å²) in [5.74, 6) is 2.54. The first-order valence-corrected chi connectivity index (χ1v) is 15.6. The van der Waals surface area contributed by atoms with E-state index >= 15 is 0 Å². The molecular formula is C11H26BNS2Si2. The maximum absolute atomic E-state index is 2.90. The highest BCUT2D eigenvalue weighted by atomic mass is 33.1. The molecule has 0 aromatic carbocycles. The highest BCUT2D eigenvalue weighted by Crippen LogP contribution is 2.45. The molecule has 1 nitrogen and oxygen atoms in total. The predicted octanol–water partition coefficient (Wildman–Crippen LogP) is 5.06. The van der Waals surface area contributed by atoms with Crippen LogP contribution in [0.2, 0.25) is 39.3 Å². The Labute approximate surface area is 118 Å². The van der Waals surface area contributed by atoms with Gasteiger partial charge in [-0.2, -0.15) is 0 Å². The molecule has 98 valence electrons. The first-order chi connectivity index (χ1) is 7.66. The molecule has 0 spiro atoms. The second-order valence-electron chi connectivity index (χ2n) is 6.66. The van der Waals surface area contributed by atoms with Gasteiger partial charge in [-0.1, -0.05) is 69.4 Å². The van der Waals surface area contributed by atoms with Crippen molar-refractivity contribution in [3.8, 4) is 0 Å². The van der Waals surface area contributed by atoms with E-state index in [2.05, 4.69) is 67.0 Å².